The maximum atomic E-state index is 13.8. The number of halogens is 2. The van der Waals surface area contributed by atoms with Crippen molar-refractivity contribution in [2.24, 2.45) is 0 Å². The Morgan fingerprint density at radius 2 is 1.91 bits per heavy atom. The number of carbonyl (C=O) groups excluding carboxylic acids is 1. The molecule has 1 saturated heterocycles. The predicted molar refractivity (Wildman–Crippen MR) is 81.6 cm³/mol. The second-order valence-corrected chi connectivity index (χ2v) is 5.36. The van der Waals surface area contributed by atoms with Crippen LogP contribution in [0.4, 0.5) is 10.2 Å². The molecule has 0 N–H and O–H groups in total. The molecule has 0 atom stereocenters. The van der Waals surface area contributed by atoms with Crippen LogP contribution in [0.3, 0.4) is 0 Å². The van der Waals surface area contributed by atoms with E-state index in [0.717, 1.165) is 5.82 Å². The fourth-order valence-corrected chi connectivity index (χ4v) is 2.70. The van der Waals surface area contributed by atoms with Gasteiger partial charge in [-0.1, -0.05) is 17.7 Å². The number of hydrogen-bond donors (Lipinski definition) is 0. The Morgan fingerprint density at radius 3 is 2.55 bits per heavy atom. The molecule has 0 saturated carbocycles. The Labute approximate surface area is 132 Å². The van der Waals surface area contributed by atoms with Crippen molar-refractivity contribution in [2.45, 2.75) is 0 Å². The number of amides is 1. The Kier molecular flexibility index (Phi) is 4.20. The highest BCUT2D eigenvalue weighted by molar-refractivity contribution is 6.33. The van der Waals surface area contributed by atoms with Crippen molar-refractivity contribution in [2.75, 3.05) is 31.1 Å². The third-order valence-corrected chi connectivity index (χ3v) is 3.94. The summed E-state index contributed by atoms with van der Waals surface area (Å²) in [6, 6.07) is 7.94. The summed E-state index contributed by atoms with van der Waals surface area (Å²) in [6.45, 7) is 2.22. The molecule has 1 amide bonds. The van der Waals surface area contributed by atoms with E-state index in [4.69, 9.17) is 11.6 Å². The minimum Gasteiger partial charge on any atom is -0.352 e. The Bertz CT molecular complexity index is 654. The molecule has 7 heteroatoms. The van der Waals surface area contributed by atoms with Gasteiger partial charge < -0.3 is 9.80 Å². The van der Waals surface area contributed by atoms with Gasteiger partial charge in [0.05, 0.1) is 10.6 Å². The zero-order chi connectivity index (χ0) is 15.5. The van der Waals surface area contributed by atoms with Crippen LogP contribution in [0.2, 0.25) is 5.02 Å². The number of carbonyl (C=O) groups is 1. The molecular formula is C15H14ClFN4O. The lowest BCUT2D eigenvalue weighted by atomic mass is 10.1. The van der Waals surface area contributed by atoms with Gasteiger partial charge in [-0.2, -0.15) is 5.10 Å². The molecule has 0 spiro atoms. The monoisotopic (exact) mass is 320 g/mol. The lowest BCUT2D eigenvalue weighted by Gasteiger charge is -2.35. The van der Waals surface area contributed by atoms with Gasteiger partial charge in [-0.3, -0.25) is 4.79 Å². The van der Waals surface area contributed by atoms with Gasteiger partial charge in [0.25, 0.3) is 5.91 Å². The van der Waals surface area contributed by atoms with Gasteiger partial charge in [0.15, 0.2) is 5.82 Å². The van der Waals surface area contributed by atoms with E-state index < -0.39 is 5.82 Å². The van der Waals surface area contributed by atoms with E-state index in [-0.39, 0.29) is 16.5 Å². The SMILES string of the molecule is O=C(c1c(F)cccc1Cl)N1CCN(c2cccnn2)CC1. The van der Waals surface area contributed by atoms with Gasteiger partial charge in [0, 0.05) is 32.4 Å². The highest BCUT2D eigenvalue weighted by Crippen LogP contribution is 2.22. The van der Waals surface area contributed by atoms with Crippen LogP contribution in [-0.4, -0.2) is 47.2 Å². The molecule has 1 aliphatic heterocycles. The fourth-order valence-electron chi connectivity index (χ4n) is 2.46. The lowest BCUT2D eigenvalue weighted by molar-refractivity contribution is 0.0742. The third-order valence-electron chi connectivity index (χ3n) is 3.63. The first kappa shape index (κ1) is 14.7. The molecule has 0 unspecified atom stereocenters. The number of hydrogen-bond acceptors (Lipinski definition) is 4. The first-order valence-corrected chi connectivity index (χ1v) is 7.30. The normalized spacial score (nSPS) is 15.0. The molecule has 114 valence electrons. The zero-order valence-corrected chi connectivity index (χ0v) is 12.5. The average Bonchev–Trinajstić information content (AvgIpc) is 2.55. The van der Waals surface area contributed by atoms with Gasteiger partial charge >= 0.3 is 0 Å². The molecule has 0 radical (unpaired) electrons. The fraction of sp³-hybridized carbons (Fsp3) is 0.267. The highest BCUT2D eigenvalue weighted by atomic mass is 35.5. The summed E-state index contributed by atoms with van der Waals surface area (Å²) in [5.74, 6) is -0.186. The second kappa shape index (κ2) is 6.27. The van der Waals surface area contributed by atoms with Crippen molar-refractivity contribution in [3.8, 4) is 0 Å². The van der Waals surface area contributed by atoms with Crippen molar-refractivity contribution >= 4 is 23.3 Å². The largest absolute Gasteiger partial charge is 0.352 e. The molecule has 22 heavy (non-hydrogen) atoms. The first-order chi connectivity index (χ1) is 10.7. The van der Waals surface area contributed by atoms with Crippen molar-refractivity contribution in [1.29, 1.82) is 0 Å². The molecular weight excluding hydrogens is 307 g/mol. The molecule has 0 aliphatic carbocycles. The molecule has 5 nitrogen and oxygen atoms in total. The van der Waals surface area contributed by atoms with Crippen molar-refractivity contribution in [1.82, 2.24) is 15.1 Å². The van der Waals surface area contributed by atoms with Gasteiger partial charge in [-0.25, -0.2) is 4.39 Å². The van der Waals surface area contributed by atoms with E-state index in [9.17, 15) is 9.18 Å². The van der Waals surface area contributed by atoms with Gasteiger partial charge in [0.2, 0.25) is 0 Å². The van der Waals surface area contributed by atoms with Crippen LogP contribution >= 0.6 is 11.6 Å². The smallest absolute Gasteiger partial charge is 0.258 e. The Morgan fingerprint density at radius 1 is 1.14 bits per heavy atom. The second-order valence-electron chi connectivity index (χ2n) is 4.96. The van der Waals surface area contributed by atoms with E-state index in [1.165, 1.54) is 18.2 Å². The summed E-state index contributed by atoms with van der Waals surface area (Å²) >= 11 is 5.95. The van der Waals surface area contributed by atoms with E-state index >= 15 is 0 Å². The molecule has 1 fully saturated rings. The van der Waals surface area contributed by atoms with Gasteiger partial charge in [-0.05, 0) is 24.3 Å². The quantitative estimate of drug-likeness (QED) is 0.851. The van der Waals surface area contributed by atoms with E-state index in [1.54, 1.807) is 11.1 Å². The molecule has 0 bridgehead atoms. The minimum atomic E-state index is -0.589. The van der Waals surface area contributed by atoms with Crippen molar-refractivity contribution in [3.05, 3.63) is 52.9 Å². The van der Waals surface area contributed by atoms with Crippen LogP contribution in [0.5, 0.6) is 0 Å². The number of anilines is 1. The van der Waals surface area contributed by atoms with Gasteiger partial charge in [-0.15, -0.1) is 5.10 Å². The maximum absolute atomic E-state index is 13.8. The Hall–Kier alpha value is -2.21. The highest BCUT2D eigenvalue weighted by Gasteiger charge is 2.26. The molecule has 1 aromatic heterocycles. The van der Waals surface area contributed by atoms with Crippen molar-refractivity contribution in [3.63, 3.8) is 0 Å². The number of nitrogens with zero attached hydrogens (tertiary/aromatic N) is 4. The van der Waals surface area contributed by atoms with Crippen LogP contribution in [0.15, 0.2) is 36.5 Å². The molecule has 2 heterocycles. The van der Waals surface area contributed by atoms with E-state index in [2.05, 4.69) is 10.2 Å². The first-order valence-electron chi connectivity index (χ1n) is 6.93. The third kappa shape index (κ3) is 2.87. The molecule has 1 aliphatic rings. The van der Waals surface area contributed by atoms with Gasteiger partial charge in [0.1, 0.15) is 5.82 Å². The summed E-state index contributed by atoms with van der Waals surface area (Å²) < 4.78 is 13.8. The van der Waals surface area contributed by atoms with E-state index in [0.29, 0.717) is 26.2 Å². The van der Waals surface area contributed by atoms with Crippen molar-refractivity contribution < 1.29 is 9.18 Å². The summed E-state index contributed by atoms with van der Waals surface area (Å²) in [7, 11) is 0. The summed E-state index contributed by atoms with van der Waals surface area (Å²) in [5, 5.41) is 8.04. The Balaban J connectivity index is 1.70. The summed E-state index contributed by atoms with van der Waals surface area (Å²) in [6.07, 6.45) is 1.61. The van der Waals surface area contributed by atoms with Crippen LogP contribution in [-0.2, 0) is 0 Å². The van der Waals surface area contributed by atoms with Crippen LogP contribution in [0, 0.1) is 5.82 Å². The average molecular weight is 321 g/mol. The van der Waals surface area contributed by atoms with Crippen LogP contribution in [0.25, 0.3) is 0 Å². The number of piperazine rings is 1. The number of rotatable bonds is 2. The number of aromatic nitrogens is 2. The zero-order valence-electron chi connectivity index (χ0n) is 11.7. The van der Waals surface area contributed by atoms with Crippen LogP contribution in [0.1, 0.15) is 10.4 Å². The van der Waals surface area contributed by atoms with E-state index in [1.807, 2.05) is 17.0 Å². The molecule has 1 aromatic carbocycles. The predicted octanol–water partition coefficient (Wildman–Crippen LogP) is 2.23. The number of benzene rings is 1. The maximum Gasteiger partial charge on any atom is 0.258 e. The molecule has 2 aromatic rings. The lowest BCUT2D eigenvalue weighted by Crippen LogP contribution is -2.49. The minimum absolute atomic E-state index is 0.0582. The summed E-state index contributed by atoms with van der Waals surface area (Å²) in [4.78, 5) is 16.1. The molecule has 3 rings (SSSR count). The topological polar surface area (TPSA) is 49.3 Å². The van der Waals surface area contributed by atoms with Crippen LogP contribution < -0.4 is 4.90 Å². The standard InChI is InChI=1S/C15H14ClFN4O/c16-11-3-1-4-12(17)14(11)15(22)21-9-7-20(8-10-21)13-5-2-6-18-19-13/h1-6H,7-10H2. The summed E-state index contributed by atoms with van der Waals surface area (Å²) in [5.41, 5.74) is -0.0582.